The van der Waals surface area contributed by atoms with E-state index in [1.807, 2.05) is 11.3 Å². The van der Waals surface area contributed by atoms with Gasteiger partial charge < -0.3 is 4.90 Å². The van der Waals surface area contributed by atoms with Crippen LogP contribution < -0.4 is 4.90 Å². The van der Waals surface area contributed by atoms with Crippen LogP contribution in [0.25, 0.3) is 64.7 Å². The Hall–Kier alpha value is -6.22. The van der Waals surface area contributed by atoms with Gasteiger partial charge in [0.05, 0.1) is 0 Å². The fourth-order valence-electron chi connectivity index (χ4n) is 8.31. The molecule has 1 nitrogen and oxygen atoms in total. The molecule has 0 atom stereocenters. The van der Waals surface area contributed by atoms with Crippen LogP contribution in [0.15, 0.2) is 188 Å². The fraction of sp³-hybridized carbons (Fsp3) is 0.0588. The van der Waals surface area contributed by atoms with Gasteiger partial charge in [-0.05, 0) is 92.5 Å². The van der Waals surface area contributed by atoms with Crippen LogP contribution >= 0.6 is 11.3 Å². The summed E-state index contributed by atoms with van der Waals surface area (Å²) in [6, 6.07) is 68.8. The van der Waals surface area contributed by atoms with E-state index in [0.717, 1.165) is 17.1 Å². The Morgan fingerprint density at radius 3 is 1.42 bits per heavy atom. The van der Waals surface area contributed by atoms with Gasteiger partial charge in [-0.1, -0.05) is 159 Å². The van der Waals surface area contributed by atoms with E-state index in [4.69, 9.17) is 0 Å². The van der Waals surface area contributed by atoms with Crippen LogP contribution in [0, 0.1) is 0 Å². The van der Waals surface area contributed by atoms with Gasteiger partial charge in [0.15, 0.2) is 0 Å². The summed E-state index contributed by atoms with van der Waals surface area (Å²) in [4.78, 5) is 2.41. The average molecular weight is 696 g/mol. The SMILES string of the molecule is CC1(C)c2ccc(N(c3ccc(-c4ccccc4)cc3)c3ccc(-c4ccc(-c5ccccc5)cc4)cc3)cc2-c2c1ccc1c2sc2ccccc21. The van der Waals surface area contributed by atoms with Crippen molar-refractivity contribution in [2.24, 2.45) is 0 Å². The molecule has 1 aromatic heterocycles. The van der Waals surface area contributed by atoms with E-state index in [1.54, 1.807) is 0 Å². The van der Waals surface area contributed by atoms with E-state index in [-0.39, 0.29) is 5.41 Å². The van der Waals surface area contributed by atoms with Gasteiger partial charge in [0.2, 0.25) is 0 Å². The first-order valence-electron chi connectivity index (χ1n) is 18.3. The second-order valence-corrected chi connectivity index (χ2v) is 15.6. The van der Waals surface area contributed by atoms with E-state index >= 15 is 0 Å². The molecule has 0 fully saturated rings. The molecule has 252 valence electrons. The van der Waals surface area contributed by atoms with Gasteiger partial charge in [-0.3, -0.25) is 0 Å². The van der Waals surface area contributed by atoms with Gasteiger partial charge in [-0.2, -0.15) is 0 Å². The molecule has 0 bridgehead atoms. The summed E-state index contributed by atoms with van der Waals surface area (Å²) in [6.07, 6.45) is 0. The van der Waals surface area contributed by atoms with Gasteiger partial charge >= 0.3 is 0 Å². The lowest BCUT2D eigenvalue weighted by Crippen LogP contribution is -2.15. The summed E-state index contributed by atoms with van der Waals surface area (Å²) in [6.45, 7) is 4.75. The van der Waals surface area contributed by atoms with E-state index in [2.05, 4.69) is 207 Å². The molecule has 1 aliphatic rings. The third-order valence-corrected chi connectivity index (χ3v) is 12.3. The summed E-state index contributed by atoms with van der Waals surface area (Å²) >= 11 is 1.92. The first-order chi connectivity index (χ1) is 26.0. The van der Waals surface area contributed by atoms with Crippen molar-refractivity contribution < 1.29 is 0 Å². The number of fused-ring (bicyclic) bond motifs is 7. The number of hydrogen-bond donors (Lipinski definition) is 0. The Kier molecular flexibility index (Phi) is 7.42. The molecule has 0 amide bonds. The number of nitrogens with zero attached hydrogens (tertiary/aromatic N) is 1. The second-order valence-electron chi connectivity index (χ2n) is 14.6. The molecular formula is C51H37NS. The third-order valence-electron chi connectivity index (χ3n) is 11.1. The minimum atomic E-state index is -0.0898. The van der Waals surface area contributed by atoms with E-state index in [9.17, 15) is 0 Å². The molecule has 0 aliphatic heterocycles. The predicted octanol–water partition coefficient (Wildman–Crippen LogP) is 14.8. The number of hydrogen-bond acceptors (Lipinski definition) is 2. The topological polar surface area (TPSA) is 3.24 Å². The molecule has 0 radical (unpaired) electrons. The van der Waals surface area contributed by atoms with Crippen molar-refractivity contribution in [2.45, 2.75) is 19.3 Å². The Morgan fingerprint density at radius 2 is 0.849 bits per heavy atom. The zero-order chi connectivity index (χ0) is 35.5. The highest BCUT2D eigenvalue weighted by atomic mass is 32.1. The number of anilines is 3. The average Bonchev–Trinajstić information content (AvgIpc) is 3.71. The minimum Gasteiger partial charge on any atom is -0.310 e. The van der Waals surface area contributed by atoms with Crippen LogP contribution in [0.1, 0.15) is 25.0 Å². The molecule has 8 aromatic carbocycles. The summed E-state index contributed by atoms with van der Waals surface area (Å²) in [5.74, 6) is 0. The number of thiophene rings is 1. The van der Waals surface area contributed by atoms with Crippen molar-refractivity contribution in [1.82, 2.24) is 0 Å². The third kappa shape index (κ3) is 5.29. The molecule has 0 saturated heterocycles. The largest absolute Gasteiger partial charge is 0.310 e. The predicted molar refractivity (Wildman–Crippen MR) is 228 cm³/mol. The maximum absolute atomic E-state index is 2.44. The van der Waals surface area contributed by atoms with Crippen LogP contribution in [0.4, 0.5) is 17.1 Å². The molecule has 1 aliphatic carbocycles. The number of rotatable bonds is 6. The molecule has 10 rings (SSSR count). The maximum Gasteiger partial charge on any atom is 0.0468 e. The highest BCUT2D eigenvalue weighted by Crippen LogP contribution is 2.55. The Balaban J connectivity index is 1.09. The standard InChI is InChI=1S/C51H37NS/c1-51(2)46-31-29-42(33-45(46)49-47(51)32-30-44-43-15-9-10-16-48(43)53-50(44)49)52(40-25-21-38(22-26-40)35-13-7-4-8-14-35)41-27-23-39(24-28-41)37-19-17-36(18-20-37)34-11-5-3-6-12-34/h3-33H,1-2H3. The molecular weight excluding hydrogens is 659 g/mol. The summed E-state index contributed by atoms with van der Waals surface area (Å²) in [5.41, 5.74) is 16.1. The van der Waals surface area contributed by atoms with Gasteiger partial charge in [-0.15, -0.1) is 11.3 Å². The zero-order valence-corrected chi connectivity index (χ0v) is 30.6. The van der Waals surface area contributed by atoms with Crippen molar-refractivity contribution in [3.05, 3.63) is 199 Å². The molecule has 9 aromatic rings. The normalized spacial score (nSPS) is 12.9. The smallest absolute Gasteiger partial charge is 0.0468 e. The van der Waals surface area contributed by atoms with E-state index in [0.29, 0.717) is 0 Å². The molecule has 2 heteroatoms. The number of benzene rings is 8. The van der Waals surface area contributed by atoms with Gasteiger partial charge in [0.1, 0.15) is 0 Å². The fourth-order valence-corrected chi connectivity index (χ4v) is 9.58. The van der Waals surface area contributed by atoms with Crippen molar-refractivity contribution >= 4 is 48.6 Å². The molecule has 0 unspecified atom stereocenters. The Bertz CT molecular complexity index is 2760. The lowest BCUT2D eigenvalue weighted by Gasteiger charge is -2.27. The highest BCUT2D eigenvalue weighted by Gasteiger charge is 2.37. The van der Waals surface area contributed by atoms with Crippen LogP contribution in [0.3, 0.4) is 0 Å². The lowest BCUT2D eigenvalue weighted by molar-refractivity contribution is 0.661. The highest BCUT2D eigenvalue weighted by molar-refractivity contribution is 7.26. The van der Waals surface area contributed by atoms with E-state index < -0.39 is 0 Å². The molecule has 53 heavy (non-hydrogen) atoms. The summed E-state index contributed by atoms with van der Waals surface area (Å²) < 4.78 is 2.72. The summed E-state index contributed by atoms with van der Waals surface area (Å²) in [7, 11) is 0. The van der Waals surface area contributed by atoms with Crippen molar-refractivity contribution in [1.29, 1.82) is 0 Å². The molecule has 0 saturated carbocycles. The second kappa shape index (κ2) is 12.5. The Labute approximate surface area is 315 Å². The first kappa shape index (κ1) is 31.5. The van der Waals surface area contributed by atoms with Gasteiger partial charge in [0, 0.05) is 48.2 Å². The van der Waals surface area contributed by atoms with Crippen LogP contribution in [0.5, 0.6) is 0 Å². The Morgan fingerprint density at radius 1 is 0.396 bits per heavy atom. The van der Waals surface area contributed by atoms with Gasteiger partial charge in [0.25, 0.3) is 0 Å². The minimum absolute atomic E-state index is 0.0898. The molecule has 0 spiro atoms. The van der Waals surface area contributed by atoms with Gasteiger partial charge in [-0.25, -0.2) is 0 Å². The van der Waals surface area contributed by atoms with Crippen LogP contribution in [-0.4, -0.2) is 0 Å². The first-order valence-corrected chi connectivity index (χ1v) is 19.2. The van der Waals surface area contributed by atoms with Crippen LogP contribution in [-0.2, 0) is 5.41 Å². The van der Waals surface area contributed by atoms with Crippen molar-refractivity contribution in [3.8, 4) is 44.5 Å². The summed E-state index contributed by atoms with van der Waals surface area (Å²) in [5, 5.41) is 2.69. The van der Waals surface area contributed by atoms with E-state index in [1.165, 1.54) is 75.8 Å². The van der Waals surface area contributed by atoms with Crippen molar-refractivity contribution in [2.75, 3.05) is 4.90 Å². The van der Waals surface area contributed by atoms with Crippen molar-refractivity contribution in [3.63, 3.8) is 0 Å². The monoisotopic (exact) mass is 695 g/mol. The quantitative estimate of drug-likeness (QED) is 0.167. The lowest BCUT2D eigenvalue weighted by atomic mass is 9.82. The zero-order valence-electron chi connectivity index (χ0n) is 29.8. The maximum atomic E-state index is 2.44. The molecule has 0 N–H and O–H groups in total. The molecule has 1 heterocycles. The van der Waals surface area contributed by atoms with Crippen LogP contribution in [0.2, 0.25) is 0 Å².